The lowest BCUT2D eigenvalue weighted by atomic mass is 9.98. The molecule has 0 saturated carbocycles. The van der Waals surface area contributed by atoms with E-state index < -0.39 is 11.7 Å². The second-order valence-corrected chi connectivity index (χ2v) is 8.63. The topological polar surface area (TPSA) is 101 Å². The van der Waals surface area contributed by atoms with Crippen molar-refractivity contribution in [2.24, 2.45) is 0 Å². The largest absolute Gasteiger partial charge is 0.490 e. The first-order valence-electron chi connectivity index (χ1n) is 11.1. The number of nitrogens with two attached hydrogens (primary N) is 1. The summed E-state index contributed by atoms with van der Waals surface area (Å²) in [5.74, 6) is 0.671. The van der Waals surface area contributed by atoms with Gasteiger partial charge in [0.2, 0.25) is 11.9 Å². The SMILES string of the molecule is COCCN1CCC(Oc2ccc(-c3c(Cl)cc(Nc4n[nH]c(N)n4)cc3C(F)(F)F)cc2)CC1. The summed E-state index contributed by atoms with van der Waals surface area (Å²) in [6.45, 7) is 3.41. The minimum absolute atomic E-state index is 0.0326. The number of ether oxygens (including phenoxy) is 2. The molecule has 1 saturated heterocycles. The fraction of sp³-hybridized carbons (Fsp3) is 0.391. The molecule has 0 bridgehead atoms. The Morgan fingerprint density at radius 1 is 1.20 bits per heavy atom. The molecule has 2 aromatic carbocycles. The summed E-state index contributed by atoms with van der Waals surface area (Å²) in [5, 5.41) is 8.79. The Morgan fingerprint density at radius 2 is 1.91 bits per heavy atom. The first-order chi connectivity index (χ1) is 16.7. The highest BCUT2D eigenvalue weighted by Gasteiger charge is 2.35. The number of methoxy groups -OCH3 is 1. The molecule has 1 aliphatic heterocycles. The monoisotopic (exact) mass is 510 g/mol. The van der Waals surface area contributed by atoms with Crippen LogP contribution < -0.4 is 15.8 Å². The van der Waals surface area contributed by atoms with Gasteiger partial charge in [0.1, 0.15) is 11.9 Å². The van der Waals surface area contributed by atoms with Crippen molar-refractivity contribution in [2.75, 3.05) is 44.4 Å². The van der Waals surface area contributed by atoms with Gasteiger partial charge in [0.25, 0.3) is 0 Å². The number of nitrogens with zero attached hydrogens (tertiary/aromatic N) is 3. The number of anilines is 3. The molecular formula is C23H26ClF3N6O2. The van der Waals surface area contributed by atoms with Crippen LogP contribution in [0.3, 0.4) is 0 Å². The molecule has 188 valence electrons. The molecule has 4 N–H and O–H groups in total. The summed E-state index contributed by atoms with van der Waals surface area (Å²) in [7, 11) is 1.69. The van der Waals surface area contributed by atoms with E-state index in [1.807, 2.05) is 0 Å². The van der Waals surface area contributed by atoms with E-state index in [2.05, 4.69) is 25.4 Å². The van der Waals surface area contributed by atoms with Crippen LogP contribution in [0, 0.1) is 0 Å². The summed E-state index contributed by atoms with van der Waals surface area (Å²) in [6, 6.07) is 8.87. The molecule has 0 atom stereocenters. The van der Waals surface area contributed by atoms with Gasteiger partial charge in [-0.1, -0.05) is 23.7 Å². The minimum atomic E-state index is -4.64. The Labute approximate surface area is 205 Å². The van der Waals surface area contributed by atoms with Crippen molar-refractivity contribution in [1.82, 2.24) is 20.1 Å². The van der Waals surface area contributed by atoms with Crippen LogP contribution in [-0.2, 0) is 10.9 Å². The van der Waals surface area contributed by atoms with Crippen LogP contribution in [0.2, 0.25) is 5.02 Å². The third kappa shape index (κ3) is 6.36. The first-order valence-corrected chi connectivity index (χ1v) is 11.4. The highest BCUT2D eigenvalue weighted by atomic mass is 35.5. The number of benzene rings is 2. The predicted molar refractivity (Wildman–Crippen MR) is 128 cm³/mol. The Morgan fingerprint density at radius 3 is 2.51 bits per heavy atom. The minimum Gasteiger partial charge on any atom is -0.490 e. The van der Waals surface area contributed by atoms with Gasteiger partial charge in [-0.05, 0) is 42.7 Å². The van der Waals surface area contributed by atoms with E-state index in [1.54, 1.807) is 31.4 Å². The number of rotatable bonds is 8. The molecule has 12 heteroatoms. The van der Waals surface area contributed by atoms with Gasteiger partial charge < -0.3 is 25.4 Å². The first kappa shape index (κ1) is 25.1. The maximum absolute atomic E-state index is 14.0. The van der Waals surface area contributed by atoms with E-state index in [4.69, 9.17) is 26.8 Å². The predicted octanol–water partition coefficient (Wildman–Crippen LogP) is 4.96. The number of hydrogen-bond donors (Lipinski definition) is 3. The van der Waals surface area contributed by atoms with Crippen molar-refractivity contribution in [2.45, 2.75) is 25.1 Å². The number of likely N-dealkylation sites (tertiary alicyclic amines) is 1. The lowest BCUT2D eigenvalue weighted by molar-refractivity contribution is -0.137. The van der Waals surface area contributed by atoms with Gasteiger partial charge in [-0.2, -0.15) is 18.2 Å². The van der Waals surface area contributed by atoms with Crippen molar-refractivity contribution >= 4 is 29.2 Å². The molecule has 4 rings (SSSR count). The molecule has 1 aromatic heterocycles. The molecule has 0 aliphatic carbocycles. The van der Waals surface area contributed by atoms with Gasteiger partial charge in [-0.15, -0.1) is 5.10 Å². The Kier molecular flexibility index (Phi) is 7.68. The van der Waals surface area contributed by atoms with Crippen LogP contribution in [0.5, 0.6) is 5.75 Å². The van der Waals surface area contributed by atoms with Gasteiger partial charge in [-0.25, -0.2) is 5.10 Å². The van der Waals surface area contributed by atoms with E-state index in [1.165, 1.54) is 6.07 Å². The molecule has 8 nitrogen and oxygen atoms in total. The van der Waals surface area contributed by atoms with Gasteiger partial charge in [0, 0.05) is 38.0 Å². The quantitative estimate of drug-likeness (QED) is 0.394. The summed E-state index contributed by atoms with van der Waals surface area (Å²) >= 11 is 6.33. The lowest BCUT2D eigenvalue weighted by Gasteiger charge is -2.31. The number of hydrogen-bond acceptors (Lipinski definition) is 7. The van der Waals surface area contributed by atoms with Crippen molar-refractivity contribution in [1.29, 1.82) is 0 Å². The fourth-order valence-electron chi connectivity index (χ4n) is 4.02. The average molecular weight is 511 g/mol. The zero-order valence-corrected chi connectivity index (χ0v) is 19.8. The number of piperidine rings is 1. The van der Waals surface area contributed by atoms with Crippen LogP contribution >= 0.6 is 11.6 Å². The normalized spacial score (nSPS) is 15.3. The Balaban J connectivity index is 1.50. The molecule has 3 aromatic rings. The highest BCUT2D eigenvalue weighted by Crippen LogP contribution is 2.43. The summed E-state index contributed by atoms with van der Waals surface area (Å²) in [5.41, 5.74) is 4.89. The molecular weight excluding hydrogens is 485 g/mol. The van der Waals surface area contributed by atoms with Gasteiger partial charge in [0.15, 0.2) is 0 Å². The van der Waals surface area contributed by atoms with E-state index in [9.17, 15) is 13.2 Å². The molecule has 0 radical (unpaired) electrons. The Hall–Kier alpha value is -3.02. The third-order valence-corrected chi connectivity index (χ3v) is 6.04. The molecule has 35 heavy (non-hydrogen) atoms. The van der Waals surface area contributed by atoms with Gasteiger partial charge in [-0.3, -0.25) is 0 Å². The van der Waals surface area contributed by atoms with Crippen LogP contribution in [0.25, 0.3) is 11.1 Å². The van der Waals surface area contributed by atoms with Crippen LogP contribution in [-0.4, -0.2) is 59.5 Å². The molecule has 0 unspecified atom stereocenters. The maximum atomic E-state index is 14.0. The maximum Gasteiger partial charge on any atom is 0.417 e. The van der Waals surface area contributed by atoms with Crippen LogP contribution in [0.1, 0.15) is 18.4 Å². The number of alkyl halides is 3. The fourth-order valence-corrected chi connectivity index (χ4v) is 4.35. The van der Waals surface area contributed by atoms with Crippen molar-refractivity contribution < 1.29 is 22.6 Å². The number of nitrogens with one attached hydrogen (secondary N) is 2. The Bertz CT molecular complexity index is 1130. The second kappa shape index (κ2) is 10.7. The number of nitrogen functional groups attached to an aromatic ring is 1. The standard InChI is InChI=1S/C23H26ClF3N6O2/c1-34-11-10-33-8-6-17(7-9-33)35-16-4-2-14(3-5-16)20-18(23(25,26)27)12-15(13-19(20)24)29-22-30-21(28)31-32-22/h2-5,12-13,17H,6-11H2,1H3,(H4,28,29,30,31,32). The number of halogens is 4. The van der Waals surface area contributed by atoms with Crippen molar-refractivity contribution in [3.05, 3.63) is 47.0 Å². The smallest absolute Gasteiger partial charge is 0.417 e. The summed E-state index contributed by atoms with van der Waals surface area (Å²) in [6.07, 6.45) is -2.83. The van der Waals surface area contributed by atoms with Crippen LogP contribution in [0.15, 0.2) is 36.4 Å². The lowest BCUT2D eigenvalue weighted by Crippen LogP contribution is -2.39. The van der Waals surface area contributed by atoms with Gasteiger partial charge in [0.05, 0.1) is 17.2 Å². The number of aromatic amines is 1. The van der Waals surface area contributed by atoms with Crippen molar-refractivity contribution in [3.63, 3.8) is 0 Å². The average Bonchev–Trinajstić information content (AvgIpc) is 3.23. The van der Waals surface area contributed by atoms with Gasteiger partial charge >= 0.3 is 6.18 Å². The highest BCUT2D eigenvalue weighted by molar-refractivity contribution is 6.34. The third-order valence-electron chi connectivity index (χ3n) is 5.75. The molecule has 1 fully saturated rings. The zero-order chi connectivity index (χ0) is 25.0. The van der Waals surface area contributed by atoms with E-state index in [0.29, 0.717) is 17.9 Å². The van der Waals surface area contributed by atoms with E-state index in [0.717, 1.165) is 38.5 Å². The van der Waals surface area contributed by atoms with Crippen LogP contribution in [0.4, 0.5) is 30.8 Å². The molecule has 0 spiro atoms. The summed E-state index contributed by atoms with van der Waals surface area (Å²) in [4.78, 5) is 6.16. The molecule has 2 heterocycles. The van der Waals surface area contributed by atoms with E-state index in [-0.39, 0.29) is 34.3 Å². The number of aromatic nitrogens is 3. The van der Waals surface area contributed by atoms with E-state index >= 15 is 0 Å². The van der Waals surface area contributed by atoms with Crippen molar-refractivity contribution in [3.8, 4) is 16.9 Å². The number of H-pyrrole nitrogens is 1. The zero-order valence-electron chi connectivity index (χ0n) is 19.0. The molecule has 1 aliphatic rings. The second-order valence-electron chi connectivity index (χ2n) is 8.22. The molecule has 0 amide bonds. The summed E-state index contributed by atoms with van der Waals surface area (Å²) < 4.78 is 53.0.